The van der Waals surface area contributed by atoms with E-state index in [-0.39, 0.29) is 16.2 Å². The van der Waals surface area contributed by atoms with E-state index in [1.165, 1.54) is 6.42 Å². The summed E-state index contributed by atoms with van der Waals surface area (Å²) in [6.07, 6.45) is 3.30. The minimum atomic E-state index is -0.364. The summed E-state index contributed by atoms with van der Waals surface area (Å²) in [5.41, 5.74) is 1.36. The first kappa shape index (κ1) is 11.5. The van der Waals surface area contributed by atoms with Gasteiger partial charge >= 0.3 is 0 Å². The van der Waals surface area contributed by atoms with Gasteiger partial charge < -0.3 is 9.64 Å². The lowest BCUT2D eigenvalue weighted by molar-refractivity contribution is -0.384. The molecule has 0 amide bonds. The van der Waals surface area contributed by atoms with Gasteiger partial charge in [-0.15, -0.1) is 0 Å². The van der Waals surface area contributed by atoms with Gasteiger partial charge in [-0.05, 0) is 31.4 Å². The first-order valence-corrected chi connectivity index (χ1v) is 6.32. The van der Waals surface area contributed by atoms with Gasteiger partial charge in [-0.1, -0.05) is 0 Å². The highest BCUT2D eigenvalue weighted by Crippen LogP contribution is 2.37. The van der Waals surface area contributed by atoms with E-state index in [2.05, 4.69) is 4.90 Å². The van der Waals surface area contributed by atoms with Crippen LogP contribution in [0.4, 0.5) is 11.4 Å². The number of anilines is 1. The Morgan fingerprint density at radius 2 is 1.78 bits per heavy atom. The van der Waals surface area contributed by atoms with Gasteiger partial charge in [0.1, 0.15) is 0 Å². The lowest BCUT2D eigenvalue weighted by atomic mass is 9.84. The van der Waals surface area contributed by atoms with Gasteiger partial charge in [0.25, 0.3) is 5.69 Å². The largest absolute Gasteiger partial charge is 0.375 e. The predicted molar refractivity (Wildman–Crippen MR) is 67.8 cm³/mol. The third-order valence-electron chi connectivity index (χ3n) is 4.07. The zero-order valence-electron chi connectivity index (χ0n) is 10.2. The Morgan fingerprint density at radius 3 is 2.22 bits per heavy atom. The third-order valence-corrected chi connectivity index (χ3v) is 4.07. The van der Waals surface area contributed by atoms with Crippen LogP contribution in [-0.4, -0.2) is 30.2 Å². The molecule has 18 heavy (non-hydrogen) atoms. The van der Waals surface area contributed by atoms with Crippen LogP contribution in [0.1, 0.15) is 19.3 Å². The standard InChI is InChI=1S/C13H16N2O3/c16-15(17)12-3-1-11(2-4-12)14-8-5-13(6-9-14)7-10-18-13/h1-4H,5-10H2. The second-order valence-electron chi connectivity index (χ2n) is 5.04. The van der Waals surface area contributed by atoms with Crippen LogP contribution < -0.4 is 4.90 Å². The molecule has 0 bridgehead atoms. The summed E-state index contributed by atoms with van der Waals surface area (Å²) >= 11 is 0. The zero-order chi connectivity index (χ0) is 12.6. The highest BCUT2D eigenvalue weighted by atomic mass is 16.6. The van der Waals surface area contributed by atoms with Crippen LogP contribution >= 0.6 is 0 Å². The molecule has 2 aliphatic rings. The maximum atomic E-state index is 10.6. The summed E-state index contributed by atoms with van der Waals surface area (Å²) in [6.45, 7) is 2.84. The molecule has 96 valence electrons. The quantitative estimate of drug-likeness (QED) is 0.595. The number of nitrogens with zero attached hydrogens (tertiary/aromatic N) is 2. The Morgan fingerprint density at radius 1 is 1.17 bits per heavy atom. The van der Waals surface area contributed by atoms with Crippen molar-refractivity contribution in [1.82, 2.24) is 0 Å². The minimum Gasteiger partial charge on any atom is -0.375 e. The average Bonchev–Trinajstić information content (AvgIpc) is 2.37. The Labute approximate surface area is 106 Å². The molecule has 0 saturated carbocycles. The molecule has 0 atom stereocenters. The number of non-ortho nitro benzene ring substituents is 1. The van der Waals surface area contributed by atoms with Gasteiger partial charge in [-0.25, -0.2) is 0 Å². The summed E-state index contributed by atoms with van der Waals surface area (Å²) in [6, 6.07) is 6.80. The third kappa shape index (κ3) is 1.95. The van der Waals surface area contributed by atoms with Crippen molar-refractivity contribution in [3.8, 4) is 0 Å². The fourth-order valence-corrected chi connectivity index (χ4v) is 2.74. The van der Waals surface area contributed by atoms with Crippen molar-refractivity contribution in [3.05, 3.63) is 34.4 Å². The number of piperidine rings is 1. The van der Waals surface area contributed by atoms with E-state index < -0.39 is 0 Å². The van der Waals surface area contributed by atoms with E-state index in [1.54, 1.807) is 12.1 Å². The van der Waals surface area contributed by atoms with Crippen molar-refractivity contribution in [2.75, 3.05) is 24.6 Å². The highest BCUT2D eigenvalue weighted by molar-refractivity contribution is 5.51. The van der Waals surface area contributed by atoms with Crippen LogP contribution in [0, 0.1) is 10.1 Å². The van der Waals surface area contributed by atoms with E-state index in [0.29, 0.717) is 0 Å². The molecule has 1 spiro atoms. The number of nitro benzene ring substituents is 1. The molecule has 0 radical (unpaired) electrons. The van der Waals surface area contributed by atoms with Gasteiger partial charge in [0.05, 0.1) is 17.1 Å². The number of rotatable bonds is 2. The molecule has 2 saturated heterocycles. The minimum absolute atomic E-state index is 0.148. The molecule has 2 fully saturated rings. The van der Waals surface area contributed by atoms with Crippen LogP contribution in [0.5, 0.6) is 0 Å². The summed E-state index contributed by atoms with van der Waals surface area (Å²) in [7, 11) is 0. The van der Waals surface area contributed by atoms with Gasteiger partial charge in [0, 0.05) is 30.9 Å². The van der Waals surface area contributed by atoms with Crippen molar-refractivity contribution in [3.63, 3.8) is 0 Å². The Kier molecular flexibility index (Phi) is 2.70. The first-order chi connectivity index (χ1) is 8.69. The Hall–Kier alpha value is -1.62. The monoisotopic (exact) mass is 248 g/mol. The normalized spacial score (nSPS) is 21.7. The van der Waals surface area contributed by atoms with E-state index in [4.69, 9.17) is 4.74 Å². The molecule has 2 aliphatic heterocycles. The summed E-state index contributed by atoms with van der Waals surface area (Å²) in [5.74, 6) is 0. The number of hydrogen-bond donors (Lipinski definition) is 0. The Balaban J connectivity index is 1.67. The SMILES string of the molecule is O=[N+]([O-])c1ccc(N2CCC3(CCO3)CC2)cc1. The summed E-state index contributed by atoms with van der Waals surface area (Å²) in [5, 5.41) is 10.6. The molecular weight excluding hydrogens is 232 g/mol. The molecule has 2 heterocycles. The number of hydrogen-bond acceptors (Lipinski definition) is 4. The number of benzene rings is 1. The second-order valence-corrected chi connectivity index (χ2v) is 5.04. The van der Waals surface area contributed by atoms with Crippen LogP contribution in [0.3, 0.4) is 0 Å². The van der Waals surface area contributed by atoms with Gasteiger partial charge in [-0.3, -0.25) is 10.1 Å². The highest BCUT2D eigenvalue weighted by Gasteiger charge is 2.41. The molecule has 1 aromatic carbocycles. The topological polar surface area (TPSA) is 55.6 Å². The molecular formula is C13H16N2O3. The van der Waals surface area contributed by atoms with E-state index >= 15 is 0 Å². The first-order valence-electron chi connectivity index (χ1n) is 6.32. The van der Waals surface area contributed by atoms with Crippen molar-refractivity contribution in [2.45, 2.75) is 24.9 Å². The van der Waals surface area contributed by atoms with E-state index in [0.717, 1.165) is 38.2 Å². The van der Waals surface area contributed by atoms with Crippen molar-refractivity contribution >= 4 is 11.4 Å². The van der Waals surface area contributed by atoms with E-state index in [9.17, 15) is 10.1 Å². The van der Waals surface area contributed by atoms with Crippen LogP contribution in [-0.2, 0) is 4.74 Å². The lowest BCUT2D eigenvalue weighted by Gasteiger charge is -2.48. The molecule has 0 aromatic heterocycles. The maximum Gasteiger partial charge on any atom is 0.269 e. The summed E-state index contributed by atoms with van der Waals surface area (Å²) < 4.78 is 5.68. The van der Waals surface area contributed by atoms with Crippen LogP contribution in [0.25, 0.3) is 0 Å². The molecule has 0 unspecified atom stereocenters. The van der Waals surface area contributed by atoms with Gasteiger partial charge in [-0.2, -0.15) is 0 Å². The predicted octanol–water partition coefficient (Wildman–Crippen LogP) is 2.35. The summed E-state index contributed by atoms with van der Waals surface area (Å²) in [4.78, 5) is 12.5. The van der Waals surface area contributed by atoms with Crippen LogP contribution in [0.2, 0.25) is 0 Å². The molecule has 5 nitrogen and oxygen atoms in total. The lowest BCUT2D eigenvalue weighted by Crippen LogP contribution is -2.52. The maximum absolute atomic E-state index is 10.6. The van der Waals surface area contributed by atoms with Crippen LogP contribution in [0.15, 0.2) is 24.3 Å². The smallest absolute Gasteiger partial charge is 0.269 e. The fourth-order valence-electron chi connectivity index (χ4n) is 2.74. The number of ether oxygens (including phenoxy) is 1. The second kappa shape index (κ2) is 4.24. The van der Waals surface area contributed by atoms with Gasteiger partial charge in [0.2, 0.25) is 0 Å². The van der Waals surface area contributed by atoms with Crippen molar-refractivity contribution in [1.29, 1.82) is 0 Å². The Bertz CT molecular complexity index is 444. The fraction of sp³-hybridized carbons (Fsp3) is 0.538. The van der Waals surface area contributed by atoms with Crippen molar-refractivity contribution < 1.29 is 9.66 Å². The van der Waals surface area contributed by atoms with Gasteiger partial charge in [0.15, 0.2) is 0 Å². The number of nitro groups is 1. The molecule has 3 rings (SSSR count). The molecule has 1 aromatic rings. The molecule has 5 heteroatoms. The van der Waals surface area contributed by atoms with Crippen molar-refractivity contribution in [2.24, 2.45) is 0 Å². The average molecular weight is 248 g/mol. The molecule has 0 N–H and O–H groups in total. The van der Waals surface area contributed by atoms with E-state index in [1.807, 2.05) is 12.1 Å². The molecule has 0 aliphatic carbocycles. The zero-order valence-corrected chi connectivity index (χ0v) is 10.2.